The number of nitrogens with one attached hydrogen (secondary N) is 1. The van der Waals surface area contributed by atoms with Crippen molar-refractivity contribution in [3.05, 3.63) is 36.2 Å². The fourth-order valence-corrected chi connectivity index (χ4v) is 1.76. The maximum atomic E-state index is 11.9. The van der Waals surface area contributed by atoms with Crippen LogP contribution >= 0.6 is 0 Å². The third-order valence-electron chi connectivity index (χ3n) is 2.80. The van der Waals surface area contributed by atoms with Crippen LogP contribution in [-0.2, 0) is 18.3 Å². The molecule has 0 spiro atoms. The molecule has 1 heterocycles. The van der Waals surface area contributed by atoms with Crippen LogP contribution in [0.4, 0.5) is 5.69 Å². The molecule has 1 aromatic heterocycles. The van der Waals surface area contributed by atoms with Gasteiger partial charge in [0.25, 0.3) is 0 Å². The number of phenols is 2. The van der Waals surface area contributed by atoms with E-state index in [1.54, 1.807) is 24.0 Å². The first kappa shape index (κ1) is 13.9. The molecule has 20 heavy (non-hydrogen) atoms. The van der Waals surface area contributed by atoms with Crippen LogP contribution in [-0.4, -0.2) is 31.9 Å². The second-order valence-electron chi connectivity index (χ2n) is 4.53. The lowest BCUT2D eigenvalue weighted by Crippen LogP contribution is -2.37. The summed E-state index contributed by atoms with van der Waals surface area (Å²) in [6.07, 6.45) is 3.44. The molecule has 1 amide bonds. The Morgan fingerprint density at radius 3 is 2.80 bits per heavy atom. The molecule has 5 N–H and O–H groups in total. The lowest BCUT2D eigenvalue weighted by molar-refractivity contribution is -0.117. The third kappa shape index (κ3) is 3.27. The summed E-state index contributed by atoms with van der Waals surface area (Å²) in [6.45, 7) is 0. The van der Waals surface area contributed by atoms with Crippen LogP contribution < -0.4 is 11.1 Å². The first-order valence-corrected chi connectivity index (χ1v) is 6.01. The van der Waals surface area contributed by atoms with Gasteiger partial charge in [0.2, 0.25) is 5.91 Å². The van der Waals surface area contributed by atoms with E-state index in [9.17, 15) is 15.0 Å². The summed E-state index contributed by atoms with van der Waals surface area (Å²) in [5.74, 6) is -0.782. The maximum absolute atomic E-state index is 11.9. The zero-order valence-electron chi connectivity index (χ0n) is 10.9. The van der Waals surface area contributed by atoms with Crippen LogP contribution in [0.1, 0.15) is 5.56 Å². The molecular weight excluding hydrogens is 260 g/mol. The van der Waals surface area contributed by atoms with Crippen molar-refractivity contribution in [2.75, 3.05) is 5.32 Å². The van der Waals surface area contributed by atoms with Gasteiger partial charge in [0.1, 0.15) is 0 Å². The molecule has 0 radical (unpaired) electrons. The Morgan fingerprint density at radius 2 is 2.20 bits per heavy atom. The molecule has 7 heteroatoms. The summed E-state index contributed by atoms with van der Waals surface area (Å²) in [5, 5.41) is 25.2. The van der Waals surface area contributed by atoms with E-state index in [-0.39, 0.29) is 23.8 Å². The standard InChI is InChI=1S/C13H16N4O3/c1-17-7-9(6-15-17)16-13(20)10(14)4-8-2-3-11(18)12(19)5-8/h2-3,5-7,10,18-19H,4,14H2,1H3,(H,16,20)/t10-/m0/s1. The second kappa shape index (κ2) is 5.62. The van der Waals surface area contributed by atoms with Crippen molar-refractivity contribution in [3.63, 3.8) is 0 Å². The third-order valence-corrected chi connectivity index (χ3v) is 2.80. The number of phenolic OH excluding ortho intramolecular Hbond substituents is 2. The average molecular weight is 276 g/mol. The quantitative estimate of drug-likeness (QED) is 0.601. The number of aromatic hydroxyl groups is 2. The minimum Gasteiger partial charge on any atom is -0.504 e. The molecule has 0 fully saturated rings. The van der Waals surface area contributed by atoms with Gasteiger partial charge in [0, 0.05) is 13.2 Å². The van der Waals surface area contributed by atoms with E-state index in [1.165, 1.54) is 18.3 Å². The molecule has 0 aliphatic heterocycles. The van der Waals surface area contributed by atoms with Gasteiger partial charge in [-0.2, -0.15) is 5.10 Å². The van der Waals surface area contributed by atoms with Gasteiger partial charge in [-0.05, 0) is 24.1 Å². The van der Waals surface area contributed by atoms with Crippen molar-refractivity contribution < 1.29 is 15.0 Å². The molecule has 1 atom stereocenters. The number of anilines is 1. The predicted molar refractivity (Wildman–Crippen MR) is 73.3 cm³/mol. The van der Waals surface area contributed by atoms with Crippen LogP contribution in [0.25, 0.3) is 0 Å². The largest absolute Gasteiger partial charge is 0.504 e. The molecular formula is C13H16N4O3. The first-order chi connectivity index (χ1) is 9.45. The van der Waals surface area contributed by atoms with Gasteiger partial charge in [0.05, 0.1) is 17.9 Å². The van der Waals surface area contributed by atoms with E-state index < -0.39 is 6.04 Å². The van der Waals surface area contributed by atoms with Crippen molar-refractivity contribution in [1.29, 1.82) is 0 Å². The van der Waals surface area contributed by atoms with Gasteiger partial charge >= 0.3 is 0 Å². The number of hydrogen-bond acceptors (Lipinski definition) is 5. The molecule has 106 valence electrons. The van der Waals surface area contributed by atoms with Crippen molar-refractivity contribution >= 4 is 11.6 Å². The van der Waals surface area contributed by atoms with E-state index in [0.717, 1.165) is 0 Å². The predicted octanol–water partition coefficient (Wildman–Crippen LogP) is 0.340. The SMILES string of the molecule is Cn1cc(NC(=O)[C@@H](N)Cc2ccc(O)c(O)c2)cn1. The Kier molecular flexibility index (Phi) is 3.90. The molecule has 2 rings (SSSR count). The van der Waals surface area contributed by atoms with Crippen LogP contribution in [0.5, 0.6) is 11.5 Å². The van der Waals surface area contributed by atoms with Gasteiger partial charge in [-0.1, -0.05) is 6.07 Å². The Morgan fingerprint density at radius 1 is 1.45 bits per heavy atom. The molecule has 0 bridgehead atoms. The van der Waals surface area contributed by atoms with Gasteiger partial charge < -0.3 is 21.3 Å². The first-order valence-electron chi connectivity index (χ1n) is 6.01. The van der Waals surface area contributed by atoms with Gasteiger partial charge in [-0.3, -0.25) is 9.48 Å². The van der Waals surface area contributed by atoms with Gasteiger partial charge in [-0.25, -0.2) is 0 Å². The van der Waals surface area contributed by atoms with E-state index in [1.807, 2.05) is 0 Å². The zero-order chi connectivity index (χ0) is 14.7. The number of aryl methyl sites for hydroxylation is 1. The minimum atomic E-state index is -0.765. The highest BCUT2D eigenvalue weighted by Crippen LogP contribution is 2.25. The summed E-state index contributed by atoms with van der Waals surface area (Å²) in [7, 11) is 1.74. The molecule has 2 aromatic rings. The summed E-state index contributed by atoms with van der Waals surface area (Å²) in [5.41, 5.74) is 7.04. The zero-order valence-corrected chi connectivity index (χ0v) is 10.9. The Labute approximate surface area is 115 Å². The Hall–Kier alpha value is -2.54. The molecule has 0 saturated heterocycles. The molecule has 0 unspecified atom stereocenters. The fraction of sp³-hybridized carbons (Fsp3) is 0.231. The lowest BCUT2D eigenvalue weighted by Gasteiger charge is -2.11. The van der Waals surface area contributed by atoms with E-state index in [2.05, 4.69) is 10.4 Å². The summed E-state index contributed by atoms with van der Waals surface area (Å²) in [6, 6.07) is 3.58. The number of carbonyl (C=O) groups excluding carboxylic acids is 1. The van der Waals surface area contributed by atoms with Crippen LogP contribution in [0, 0.1) is 0 Å². The number of rotatable bonds is 4. The summed E-state index contributed by atoms with van der Waals surface area (Å²) in [4.78, 5) is 11.9. The number of carbonyl (C=O) groups is 1. The van der Waals surface area contributed by atoms with Crippen LogP contribution in [0.2, 0.25) is 0 Å². The lowest BCUT2D eigenvalue weighted by atomic mass is 10.1. The highest BCUT2D eigenvalue weighted by Gasteiger charge is 2.15. The Bertz CT molecular complexity index is 624. The van der Waals surface area contributed by atoms with Gasteiger partial charge in [-0.15, -0.1) is 0 Å². The van der Waals surface area contributed by atoms with Crippen LogP contribution in [0.15, 0.2) is 30.6 Å². The monoisotopic (exact) mass is 276 g/mol. The highest BCUT2D eigenvalue weighted by molar-refractivity contribution is 5.94. The summed E-state index contributed by atoms with van der Waals surface area (Å²) >= 11 is 0. The highest BCUT2D eigenvalue weighted by atomic mass is 16.3. The van der Waals surface area contributed by atoms with Crippen LogP contribution in [0.3, 0.4) is 0 Å². The van der Waals surface area contributed by atoms with Crippen molar-refractivity contribution in [2.24, 2.45) is 12.8 Å². The van der Waals surface area contributed by atoms with Crippen molar-refractivity contribution in [3.8, 4) is 11.5 Å². The number of benzene rings is 1. The second-order valence-corrected chi connectivity index (χ2v) is 4.53. The molecule has 0 saturated carbocycles. The number of hydrogen-bond donors (Lipinski definition) is 4. The minimum absolute atomic E-state index is 0.206. The van der Waals surface area contributed by atoms with Gasteiger partial charge in [0.15, 0.2) is 11.5 Å². The molecule has 7 nitrogen and oxygen atoms in total. The smallest absolute Gasteiger partial charge is 0.241 e. The number of nitrogens with zero attached hydrogens (tertiary/aromatic N) is 2. The van der Waals surface area contributed by atoms with E-state index >= 15 is 0 Å². The topological polar surface area (TPSA) is 113 Å². The molecule has 0 aliphatic carbocycles. The number of nitrogens with two attached hydrogens (primary N) is 1. The Balaban J connectivity index is 1.98. The number of amides is 1. The van der Waals surface area contributed by atoms with E-state index in [4.69, 9.17) is 5.73 Å². The summed E-state index contributed by atoms with van der Waals surface area (Å²) < 4.78 is 1.57. The fourth-order valence-electron chi connectivity index (χ4n) is 1.76. The van der Waals surface area contributed by atoms with Crippen molar-refractivity contribution in [1.82, 2.24) is 9.78 Å². The normalized spacial score (nSPS) is 12.1. The number of aromatic nitrogens is 2. The maximum Gasteiger partial charge on any atom is 0.241 e. The average Bonchev–Trinajstić information content (AvgIpc) is 2.79. The molecule has 1 aromatic carbocycles. The molecule has 0 aliphatic rings. The van der Waals surface area contributed by atoms with E-state index in [0.29, 0.717) is 11.3 Å². The van der Waals surface area contributed by atoms with Crippen molar-refractivity contribution in [2.45, 2.75) is 12.5 Å².